The molecule has 4 rings (SSSR count). The zero-order valence-electron chi connectivity index (χ0n) is 42.9. The van der Waals surface area contributed by atoms with Crippen molar-refractivity contribution in [3.8, 4) is 62.9 Å². The highest BCUT2D eigenvalue weighted by molar-refractivity contribution is 5.74. The topological polar surface area (TPSA) is 170 Å². The molecule has 0 radical (unpaired) electrons. The molecule has 12 heteroatoms. The zero-order chi connectivity index (χ0) is 50.0. The molecule has 4 aromatic rings. The third-order valence-electron chi connectivity index (χ3n) is 13.0. The molecule has 12 nitrogen and oxygen atoms in total. The van der Waals surface area contributed by atoms with E-state index in [0.717, 1.165) is 25.7 Å². The molecule has 70 heavy (non-hydrogen) atoms. The van der Waals surface area contributed by atoms with Crippen LogP contribution >= 0.6 is 0 Å². The molecule has 0 aliphatic carbocycles. The number of methoxy groups -OCH3 is 1. The van der Waals surface area contributed by atoms with Gasteiger partial charge in [-0.25, -0.2) is 24.5 Å². The molecular weight excluding hydrogens is 883 g/mol. The first-order valence-electron chi connectivity index (χ1n) is 26.9. The monoisotopic (exact) mass is 968 g/mol. The van der Waals surface area contributed by atoms with Gasteiger partial charge in [0.1, 0.15) is 28.7 Å². The molecule has 386 valence electrons. The highest BCUT2D eigenvalue weighted by Crippen LogP contribution is 2.36. The summed E-state index contributed by atoms with van der Waals surface area (Å²) < 4.78 is 22.2. The van der Waals surface area contributed by atoms with E-state index in [0.29, 0.717) is 23.8 Å². The summed E-state index contributed by atoms with van der Waals surface area (Å²) in [6.45, 7) is 4.05. The maximum Gasteiger partial charge on any atom is 0.344 e. The van der Waals surface area contributed by atoms with Crippen LogP contribution in [0.4, 0.5) is 0 Å². The quantitative estimate of drug-likeness (QED) is 0.0285. The van der Waals surface area contributed by atoms with Gasteiger partial charge < -0.3 is 34.3 Å². The van der Waals surface area contributed by atoms with Gasteiger partial charge >= 0.3 is 11.9 Å². The molecule has 1 aromatic heterocycles. The van der Waals surface area contributed by atoms with Crippen LogP contribution in [-0.2, 0) is 14.3 Å². The number of esters is 1. The Morgan fingerprint density at radius 2 is 0.857 bits per heavy atom. The summed E-state index contributed by atoms with van der Waals surface area (Å²) in [5.41, 5.74) is 1.12. The molecule has 0 saturated carbocycles. The van der Waals surface area contributed by atoms with E-state index in [2.05, 4.69) is 28.8 Å². The Morgan fingerprint density at radius 1 is 0.486 bits per heavy atom. The Bertz CT molecular complexity index is 2060. The second-order valence-electron chi connectivity index (χ2n) is 19.0. The number of aromatic hydroxyl groups is 2. The van der Waals surface area contributed by atoms with Crippen LogP contribution in [0, 0.1) is 5.92 Å². The number of phenols is 2. The molecule has 1 atom stereocenters. The average molecular weight is 968 g/mol. The van der Waals surface area contributed by atoms with Crippen molar-refractivity contribution in [1.82, 2.24) is 15.0 Å². The standard InChI is InChI=1S/C58H85N3O9/c1-4-6-8-10-12-14-16-18-19-21-23-25-27-29-31-45(30-28-26-24-22-20-17-15-13-11-9-7-5-2)42-70-55(66)44-69-49-37-39-51(53(63)41-49)58-60-56(46-32-34-47(67-3)35-33-46)59-57(61-58)50-38-36-48(40-52(50)62)68-43-54(64)65/h32-41,45,62-63H,4-31,42-44H2,1-3H3,(H,64,65). The normalized spacial score (nSPS) is 11.6. The van der Waals surface area contributed by atoms with E-state index in [1.54, 1.807) is 43.5 Å². The van der Waals surface area contributed by atoms with E-state index >= 15 is 0 Å². The Morgan fingerprint density at radius 3 is 1.24 bits per heavy atom. The van der Waals surface area contributed by atoms with Crippen LogP contribution in [-0.4, -0.2) is 69.1 Å². The number of ether oxygens (including phenoxy) is 4. The highest BCUT2D eigenvalue weighted by atomic mass is 16.6. The van der Waals surface area contributed by atoms with Crippen molar-refractivity contribution in [2.75, 3.05) is 26.9 Å². The van der Waals surface area contributed by atoms with Crippen molar-refractivity contribution in [2.45, 2.75) is 194 Å². The van der Waals surface area contributed by atoms with E-state index in [4.69, 9.17) is 24.1 Å². The molecule has 0 bridgehead atoms. The molecule has 0 fully saturated rings. The van der Waals surface area contributed by atoms with Gasteiger partial charge in [0.05, 0.1) is 24.8 Å². The number of carboxylic acid groups (broad SMARTS) is 1. The lowest BCUT2D eigenvalue weighted by atomic mass is 9.94. The Balaban J connectivity index is 1.30. The summed E-state index contributed by atoms with van der Waals surface area (Å²) in [5, 5.41) is 31.2. The Kier molecular flexibility index (Phi) is 28.5. The van der Waals surface area contributed by atoms with Gasteiger partial charge in [-0.15, -0.1) is 0 Å². The van der Waals surface area contributed by atoms with Crippen LogP contribution in [0.2, 0.25) is 0 Å². The number of rotatable bonds is 40. The van der Waals surface area contributed by atoms with Crippen molar-refractivity contribution in [3.05, 3.63) is 60.7 Å². The molecule has 0 aliphatic heterocycles. The lowest BCUT2D eigenvalue weighted by Gasteiger charge is -2.17. The summed E-state index contributed by atoms with van der Waals surface area (Å²) in [6.07, 6.45) is 36.5. The van der Waals surface area contributed by atoms with Crippen molar-refractivity contribution < 1.29 is 43.9 Å². The lowest BCUT2D eigenvalue weighted by Crippen LogP contribution is -2.19. The molecule has 3 N–H and O–H groups in total. The number of aliphatic carboxylic acids is 1. The van der Waals surface area contributed by atoms with E-state index in [1.165, 1.54) is 178 Å². The Labute approximate surface area is 419 Å². The van der Waals surface area contributed by atoms with E-state index < -0.39 is 18.5 Å². The van der Waals surface area contributed by atoms with Crippen LogP contribution in [0.15, 0.2) is 60.7 Å². The first-order valence-corrected chi connectivity index (χ1v) is 26.9. The summed E-state index contributed by atoms with van der Waals surface area (Å²) >= 11 is 0. The van der Waals surface area contributed by atoms with Crippen molar-refractivity contribution in [1.29, 1.82) is 0 Å². The summed E-state index contributed by atoms with van der Waals surface area (Å²) in [4.78, 5) is 38.0. The Hall–Kier alpha value is -5.39. The fourth-order valence-corrected chi connectivity index (χ4v) is 8.82. The third kappa shape index (κ3) is 23.0. The first kappa shape index (κ1) is 57.2. The number of carbonyl (C=O) groups is 2. The van der Waals surface area contributed by atoms with E-state index in [-0.39, 0.29) is 58.2 Å². The SMILES string of the molecule is CCCCCCCCCCCCCCCCC(CCCCCCCCCCCCCC)COC(=O)COc1ccc(-c2nc(-c3ccc(OC)cc3)nc(-c3ccc(OCC(=O)O)cc3O)n2)c(O)c1. The number of phenolic OH excluding ortho intramolecular Hbond substituents is 2. The lowest BCUT2D eigenvalue weighted by molar-refractivity contribution is -0.147. The minimum Gasteiger partial charge on any atom is -0.507 e. The molecule has 0 amide bonds. The van der Waals surface area contributed by atoms with Gasteiger partial charge in [-0.05, 0) is 67.3 Å². The van der Waals surface area contributed by atoms with Crippen molar-refractivity contribution >= 4 is 11.9 Å². The first-order chi connectivity index (χ1) is 34.2. The number of hydrogen-bond donors (Lipinski definition) is 3. The number of carboxylic acids is 1. The van der Waals surface area contributed by atoms with Crippen molar-refractivity contribution in [2.24, 2.45) is 5.92 Å². The largest absolute Gasteiger partial charge is 0.507 e. The smallest absolute Gasteiger partial charge is 0.344 e. The van der Waals surface area contributed by atoms with E-state index in [9.17, 15) is 19.8 Å². The van der Waals surface area contributed by atoms with Gasteiger partial charge in [0.25, 0.3) is 0 Å². The zero-order valence-corrected chi connectivity index (χ0v) is 42.9. The molecule has 0 spiro atoms. The maximum atomic E-state index is 13.1. The van der Waals surface area contributed by atoms with Gasteiger partial charge in [-0.1, -0.05) is 181 Å². The molecule has 0 aliphatic rings. The minimum absolute atomic E-state index is 0.0991. The van der Waals surface area contributed by atoms with Crippen LogP contribution in [0.25, 0.3) is 34.2 Å². The molecular formula is C58H85N3O9. The molecule has 3 aromatic carbocycles. The number of hydrogen-bond acceptors (Lipinski definition) is 11. The second kappa shape index (κ2) is 34.8. The number of aromatic nitrogens is 3. The fourth-order valence-electron chi connectivity index (χ4n) is 8.82. The van der Waals surface area contributed by atoms with Gasteiger partial charge in [0, 0.05) is 17.7 Å². The average Bonchev–Trinajstić information content (AvgIpc) is 3.36. The minimum atomic E-state index is -1.15. The highest BCUT2D eigenvalue weighted by Gasteiger charge is 2.19. The third-order valence-corrected chi connectivity index (χ3v) is 13.0. The summed E-state index contributed by atoms with van der Waals surface area (Å²) in [7, 11) is 1.57. The van der Waals surface area contributed by atoms with Gasteiger partial charge in [-0.2, -0.15) is 0 Å². The van der Waals surface area contributed by atoms with Gasteiger partial charge in [0.2, 0.25) is 0 Å². The molecule has 1 heterocycles. The number of benzene rings is 3. The van der Waals surface area contributed by atoms with Gasteiger partial charge in [0.15, 0.2) is 30.7 Å². The van der Waals surface area contributed by atoms with Gasteiger partial charge in [-0.3, -0.25) is 0 Å². The molecule has 1 unspecified atom stereocenters. The van der Waals surface area contributed by atoms with Crippen molar-refractivity contribution in [3.63, 3.8) is 0 Å². The van der Waals surface area contributed by atoms with Crippen LogP contribution < -0.4 is 14.2 Å². The number of nitrogens with zero attached hydrogens (tertiary/aromatic N) is 3. The van der Waals surface area contributed by atoms with Crippen LogP contribution in [0.1, 0.15) is 194 Å². The van der Waals surface area contributed by atoms with Crippen LogP contribution in [0.5, 0.6) is 28.7 Å². The summed E-state index contributed by atoms with van der Waals surface area (Å²) in [5.74, 6) is -0.178. The number of unbranched alkanes of at least 4 members (excludes halogenated alkanes) is 24. The van der Waals surface area contributed by atoms with Crippen LogP contribution in [0.3, 0.4) is 0 Å². The number of carbonyl (C=O) groups excluding carboxylic acids is 1. The fraction of sp³-hybridized carbons (Fsp3) is 0.603. The predicted octanol–water partition coefficient (Wildman–Crippen LogP) is 15.3. The van der Waals surface area contributed by atoms with E-state index in [1.807, 2.05) is 0 Å². The summed E-state index contributed by atoms with van der Waals surface area (Å²) in [6, 6.07) is 16.0. The second-order valence-corrected chi connectivity index (χ2v) is 19.0. The molecule has 0 saturated heterocycles. The predicted molar refractivity (Wildman–Crippen MR) is 280 cm³/mol. The maximum absolute atomic E-state index is 13.1.